The first-order chi connectivity index (χ1) is 13.2. The van der Waals surface area contributed by atoms with Gasteiger partial charge in [-0.05, 0) is 54.4 Å². The molecule has 0 atom stereocenters. The molecular formula is C25H18FN. The zero-order chi connectivity index (χ0) is 18.4. The summed E-state index contributed by atoms with van der Waals surface area (Å²) >= 11 is 0. The maximum absolute atomic E-state index is 13.5. The van der Waals surface area contributed by atoms with E-state index in [2.05, 4.69) is 72.2 Å². The van der Waals surface area contributed by atoms with Crippen LogP contribution in [0.15, 0.2) is 91.0 Å². The lowest BCUT2D eigenvalue weighted by molar-refractivity contribution is 0.627. The van der Waals surface area contributed by atoms with Gasteiger partial charge in [0.05, 0.1) is 11.0 Å². The second-order valence-corrected chi connectivity index (χ2v) is 6.93. The molecule has 0 saturated carbocycles. The summed E-state index contributed by atoms with van der Waals surface area (Å²) in [6.45, 7) is 2.10. The lowest BCUT2D eigenvalue weighted by Crippen LogP contribution is -1.94. The lowest BCUT2D eigenvalue weighted by Gasteiger charge is -2.09. The Hall–Kier alpha value is -3.39. The van der Waals surface area contributed by atoms with Crippen molar-refractivity contribution in [3.05, 3.63) is 102 Å². The van der Waals surface area contributed by atoms with Gasteiger partial charge in [0.25, 0.3) is 0 Å². The number of aryl methyl sites for hydroxylation is 1. The predicted octanol–water partition coefficient (Wildman–Crippen LogP) is 6.90. The fourth-order valence-corrected chi connectivity index (χ4v) is 3.76. The van der Waals surface area contributed by atoms with Crippen LogP contribution >= 0.6 is 0 Å². The lowest BCUT2D eigenvalue weighted by atomic mass is 10.0. The van der Waals surface area contributed by atoms with E-state index >= 15 is 0 Å². The molecule has 5 aromatic rings. The molecule has 4 aromatic carbocycles. The molecule has 0 spiro atoms. The van der Waals surface area contributed by atoms with E-state index in [-0.39, 0.29) is 5.82 Å². The van der Waals surface area contributed by atoms with Crippen molar-refractivity contribution in [2.45, 2.75) is 6.92 Å². The van der Waals surface area contributed by atoms with Crippen molar-refractivity contribution in [3.8, 4) is 16.8 Å². The van der Waals surface area contributed by atoms with Crippen LogP contribution in [0.25, 0.3) is 38.6 Å². The zero-order valence-corrected chi connectivity index (χ0v) is 15.0. The Morgan fingerprint density at radius 3 is 2.07 bits per heavy atom. The molecule has 0 bridgehead atoms. The summed E-state index contributed by atoms with van der Waals surface area (Å²) in [5.74, 6) is -0.222. The van der Waals surface area contributed by atoms with Crippen molar-refractivity contribution in [2.75, 3.05) is 0 Å². The normalized spacial score (nSPS) is 11.3. The van der Waals surface area contributed by atoms with Crippen molar-refractivity contribution in [1.29, 1.82) is 0 Å². The number of nitrogens with zero attached hydrogens (tertiary/aromatic N) is 1. The molecular weight excluding hydrogens is 333 g/mol. The zero-order valence-electron chi connectivity index (χ0n) is 15.0. The molecule has 0 fully saturated rings. The van der Waals surface area contributed by atoms with E-state index in [1.54, 1.807) is 0 Å². The third-order valence-corrected chi connectivity index (χ3v) is 5.14. The van der Waals surface area contributed by atoms with Crippen LogP contribution in [0.3, 0.4) is 0 Å². The highest BCUT2D eigenvalue weighted by Gasteiger charge is 2.13. The van der Waals surface area contributed by atoms with Crippen LogP contribution in [-0.4, -0.2) is 4.57 Å². The standard InChI is InChI=1S/C25H18FN/c1-17-6-8-18(9-7-17)19-10-15-23-22-4-2-3-5-24(22)27(25(23)16-19)21-13-11-20(26)12-14-21/h2-16H,1H3. The van der Waals surface area contributed by atoms with Crippen molar-refractivity contribution >= 4 is 21.8 Å². The van der Waals surface area contributed by atoms with E-state index in [1.165, 1.54) is 39.6 Å². The van der Waals surface area contributed by atoms with Gasteiger partial charge in [0.2, 0.25) is 0 Å². The molecule has 2 heteroatoms. The maximum Gasteiger partial charge on any atom is 0.123 e. The number of halogens is 1. The van der Waals surface area contributed by atoms with Crippen LogP contribution in [0, 0.1) is 12.7 Å². The largest absolute Gasteiger partial charge is 0.309 e. The highest BCUT2D eigenvalue weighted by atomic mass is 19.1. The van der Waals surface area contributed by atoms with Gasteiger partial charge in [0, 0.05) is 16.5 Å². The fourth-order valence-electron chi connectivity index (χ4n) is 3.76. The summed E-state index contributed by atoms with van der Waals surface area (Å²) in [5.41, 5.74) is 6.83. The molecule has 0 aliphatic heterocycles. The van der Waals surface area contributed by atoms with Gasteiger partial charge in [-0.25, -0.2) is 4.39 Å². The van der Waals surface area contributed by atoms with Gasteiger partial charge in [0.15, 0.2) is 0 Å². The molecule has 0 saturated heterocycles. The van der Waals surface area contributed by atoms with Crippen LogP contribution in [-0.2, 0) is 0 Å². The van der Waals surface area contributed by atoms with Gasteiger partial charge in [0.1, 0.15) is 5.82 Å². The molecule has 1 heterocycles. The minimum absolute atomic E-state index is 0.222. The van der Waals surface area contributed by atoms with Gasteiger partial charge in [-0.3, -0.25) is 0 Å². The third-order valence-electron chi connectivity index (χ3n) is 5.14. The molecule has 27 heavy (non-hydrogen) atoms. The Morgan fingerprint density at radius 1 is 0.630 bits per heavy atom. The van der Waals surface area contributed by atoms with Crippen molar-refractivity contribution in [2.24, 2.45) is 0 Å². The predicted molar refractivity (Wildman–Crippen MR) is 111 cm³/mol. The number of rotatable bonds is 2. The summed E-state index contributed by atoms with van der Waals surface area (Å²) in [5, 5.41) is 2.40. The SMILES string of the molecule is Cc1ccc(-c2ccc3c4ccccc4n(-c4ccc(F)cc4)c3c2)cc1. The summed E-state index contributed by atoms with van der Waals surface area (Å²) in [7, 11) is 0. The average molecular weight is 351 g/mol. The van der Waals surface area contributed by atoms with E-state index < -0.39 is 0 Å². The van der Waals surface area contributed by atoms with E-state index in [9.17, 15) is 4.39 Å². The summed E-state index contributed by atoms with van der Waals surface area (Å²) in [4.78, 5) is 0. The Balaban J connectivity index is 1.83. The number of aromatic nitrogens is 1. The second kappa shape index (κ2) is 6.10. The van der Waals surface area contributed by atoms with Crippen molar-refractivity contribution < 1.29 is 4.39 Å². The van der Waals surface area contributed by atoms with Gasteiger partial charge < -0.3 is 4.57 Å². The molecule has 0 aliphatic rings. The van der Waals surface area contributed by atoms with E-state index in [0.29, 0.717) is 0 Å². The minimum Gasteiger partial charge on any atom is -0.309 e. The number of fused-ring (bicyclic) bond motifs is 3. The van der Waals surface area contributed by atoms with Crippen molar-refractivity contribution in [1.82, 2.24) is 4.57 Å². The Bertz CT molecular complexity index is 1260. The molecule has 0 unspecified atom stereocenters. The summed E-state index contributed by atoms with van der Waals surface area (Å²) in [6.07, 6.45) is 0. The van der Waals surface area contributed by atoms with E-state index in [0.717, 1.165) is 16.7 Å². The molecule has 130 valence electrons. The number of hydrogen-bond acceptors (Lipinski definition) is 0. The van der Waals surface area contributed by atoms with Gasteiger partial charge >= 0.3 is 0 Å². The van der Waals surface area contributed by atoms with Crippen molar-refractivity contribution in [3.63, 3.8) is 0 Å². The van der Waals surface area contributed by atoms with Crippen LogP contribution < -0.4 is 0 Å². The van der Waals surface area contributed by atoms with Crippen LogP contribution in [0.2, 0.25) is 0 Å². The van der Waals surface area contributed by atoms with Crippen LogP contribution in [0.4, 0.5) is 4.39 Å². The second-order valence-electron chi connectivity index (χ2n) is 6.93. The first-order valence-corrected chi connectivity index (χ1v) is 9.07. The highest BCUT2D eigenvalue weighted by molar-refractivity contribution is 6.10. The van der Waals surface area contributed by atoms with Gasteiger partial charge in [-0.15, -0.1) is 0 Å². The third kappa shape index (κ3) is 2.61. The number of hydrogen-bond donors (Lipinski definition) is 0. The number of para-hydroxylation sites is 1. The molecule has 1 aromatic heterocycles. The highest BCUT2D eigenvalue weighted by Crippen LogP contribution is 2.34. The fraction of sp³-hybridized carbons (Fsp3) is 0.0400. The monoisotopic (exact) mass is 351 g/mol. The van der Waals surface area contributed by atoms with E-state index in [4.69, 9.17) is 0 Å². The summed E-state index contributed by atoms with van der Waals surface area (Å²) < 4.78 is 15.7. The number of benzene rings is 4. The topological polar surface area (TPSA) is 4.93 Å². The molecule has 0 aliphatic carbocycles. The summed E-state index contributed by atoms with van der Waals surface area (Å²) in [6, 6.07) is 30.2. The van der Waals surface area contributed by atoms with E-state index in [1.807, 2.05) is 18.2 Å². The minimum atomic E-state index is -0.222. The van der Waals surface area contributed by atoms with Crippen LogP contribution in [0.5, 0.6) is 0 Å². The smallest absolute Gasteiger partial charge is 0.123 e. The molecule has 0 radical (unpaired) electrons. The van der Waals surface area contributed by atoms with Gasteiger partial charge in [-0.2, -0.15) is 0 Å². The van der Waals surface area contributed by atoms with Crippen LogP contribution in [0.1, 0.15) is 5.56 Å². The van der Waals surface area contributed by atoms with Gasteiger partial charge in [-0.1, -0.05) is 60.2 Å². The average Bonchev–Trinajstić information content (AvgIpc) is 3.03. The molecule has 0 N–H and O–H groups in total. The Kier molecular flexibility index (Phi) is 3.58. The maximum atomic E-state index is 13.5. The first-order valence-electron chi connectivity index (χ1n) is 9.07. The Labute approximate surface area is 157 Å². The quantitative estimate of drug-likeness (QED) is 0.326. The molecule has 5 rings (SSSR count). The Morgan fingerprint density at radius 2 is 1.30 bits per heavy atom. The molecule has 0 amide bonds. The molecule has 1 nitrogen and oxygen atoms in total. The first kappa shape index (κ1) is 15.8.